The topological polar surface area (TPSA) is 32.3 Å². The van der Waals surface area contributed by atoms with Gasteiger partial charge in [0, 0.05) is 50.4 Å². The normalized spacial score (nSPS) is 18.2. The molecular weight excluding hydrogens is 284 g/mol. The van der Waals surface area contributed by atoms with Gasteiger partial charge in [0.1, 0.15) is 0 Å². The Kier molecular flexibility index (Phi) is 4.00. The summed E-state index contributed by atoms with van der Waals surface area (Å²) in [7, 11) is 0. The van der Waals surface area contributed by atoms with E-state index in [1.54, 1.807) is 0 Å². The van der Waals surface area contributed by atoms with Crippen molar-refractivity contribution in [2.45, 2.75) is 39.3 Å². The summed E-state index contributed by atoms with van der Waals surface area (Å²) < 4.78 is 0. The fourth-order valence-corrected chi connectivity index (χ4v) is 3.65. The minimum atomic E-state index is 0.954. The molecule has 0 spiro atoms. The first kappa shape index (κ1) is 14.6. The maximum atomic E-state index is 4.89. The highest BCUT2D eigenvalue weighted by Crippen LogP contribution is 2.25. The standard InChI is InChI=1S/C19H24N4/c1-15-17-14-22(13-16-7-3-2-4-8-16)12-9-18(17)21-19(20-15)23-10-5-6-11-23/h2-4,7-8H,5-6,9-14H2,1H3. The first-order valence-electron chi connectivity index (χ1n) is 8.67. The molecule has 4 heteroatoms. The zero-order chi connectivity index (χ0) is 15.6. The number of rotatable bonds is 3. The van der Waals surface area contributed by atoms with Crippen molar-refractivity contribution in [2.24, 2.45) is 0 Å². The lowest BCUT2D eigenvalue weighted by Gasteiger charge is -2.30. The van der Waals surface area contributed by atoms with E-state index in [2.05, 4.69) is 47.1 Å². The van der Waals surface area contributed by atoms with Crippen molar-refractivity contribution in [3.8, 4) is 0 Å². The van der Waals surface area contributed by atoms with Gasteiger partial charge in [0.05, 0.1) is 5.69 Å². The zero-order valence-electron chi connectivity index (χ0n) is 13.8. The number of aryl methyl sites for hydroxylation is 1. The summed E-state index contributed by atoms with van der Waals surface area (Å²) in [5.74, 6) is 0.954. The van der Waals surface area contributed by atoms with E-state index in [-0.39, 0.29) is 0 Å². The van der Waals surface area contributed by atoms with E-state index in [4.69, 9.17) is 9.97 Å². The van der Waals surface area contributed by atoms with Crippen LogP contribution in [0.3, 0.4) is 0 Å². The molecule has 3 heterocycles. The Hall–Kier alpha value is -1.94. The highest BCUT2D eigenvalue weighted by molar-refractivity contribution is 5.38. The third-order valence-corrected chi connectivity index (χ3v) is 4.97. The van der Waals surface area contributed by atoms with Gasteiger partial charge in [-0.05, 0) is 25.3 Å². The van der Waals surface area contributed by atoms with E-state index in [1.807, 2.05) is 0 Å². The van der Waals surface area contributed by atoms with Crippen LogP contribution in [0.15, 0.2) is 30.3 Å². The molecule has 0 saturated carbocycles. The van der Waals surface area contributed by atoms with Crippen LogP contribution >= 0.6 is 0 Å². The molecule has 0 unspecified atom stereocenters. The largest absolute Gasteiger partial charge is 0.341 e. The lowest BCUT2D eigenvalue weighted by Crippen LogP contribution is -2.32. The van der Waals surface area contributed by atoms with Crippen molar-refractivity contribution in [3.05, 3.63) is 52.8 Å². The fraction of sp³-hybridized carbons (Fsp3) is 0.474. The third-order valence-electron chi connectivity index (χ3n) is 4.97. The molecule has 23 heavy (non-hydrogen) atoms. The van der Waals surface area contributed by atoms with Crippen molar-refractivity contribution in [3.63, 3.8) is 0 Å². The van der Waals surface area contributed by atoms with Crippen LogP contribution in [0.4, 0.5) is 5.95 Å². The molecule has 2 aliphatic rings. The Morgan fingerprint density at radius 1 is 1.00 bits per heavy atom. The van der Waals surface area contributed by atoms with Gasteiger partial charge >= 0.3 is 0 Å². The summed E-state index contributed by atoms with van der Waals surface area (Å²) in [6.07, 6.45) is 3.57. The van der Waals surface area contributed by atoms with E-state index < -0.39 is 0 Å². The van der Waals surface area contributed by atoms with E-state index in [0.717, 1.165) is 50.8 Å². The van der Waals surface area contributed by atoms with Crippen molar-refractivity contribution in [2.75, 3.05) is 24.5 Å². The molecule has 0 amide bonds. The molecule has 1 saturated heterocycles. The molecule has 0 atom stereocenters. The molecule has 0 radical (unpaired) electrons. The molecule has 2 aliphatic heterocycles. The van der Waals surface area contributed by atoms with Gasteiger partial charge in [-0.15, -0.1) is 0 Å². The van der Waals surface area contributed by atoms with Crippen LogP contribution in [0.5, 0.6) is 0 Å². The predicted octanol–water partition coefficient (Wildman–Crippen LogP) is 2.94. The van der Waals surface area contributed by atoms with E-state index in [0.29, 0.717) is 0 Å². The Bertz CT molecular complexity index is 677. The van der Waals surface area contributed by atoms with Crippen LogP contribution in [0.25, 0.3) is 0 Å². The Morgan fingerprint density at radius 3 is 2.57 bits per heavy atom. The Labute approximate surface area is 138 Å². The highest BCUT2D eigenvalue weighted by atomic mass is 15.3. The van der Waals surface area contributed by atoms with Gasteiger partial charge in [-0.1, -0.05) is 30.3 Å². The quantitative estimate of drug-likeness (QED) is 0.872. The summed E-state index contributed by atoms with van der Waals surface area (Å²) in [6.45, 7) is 7.42. The Balaban J connectivity index is 1.53. The second kappa shape index (κ2) is 6.28. The number of nitrogens with zero attached hydrogens (tertiary/aromatic N) is 4. The van der Waals surface area contributed by atoms with Gasteiger partial charge in [0.15, 0.2) is 0 Å². The molecule has 4 rings (SSSR count). The average molecular weight is 308 g/mol. The summed E-state index contributed by atoms with van der Waals surface area (Å²) in [5, 5.41) is 0. The molecular formula is C19H24N4. The fourth-order valence-electron chi connectivity index (χ4n) is 3.65. The predicted molar refractivity (Wildman–Crippen MR) is 92.5 cm³/mol. The SMILES string of the molecule is Cc1nc(N2CCCC2)nc2c1CN(Cc1ccccc1)CC2. The van der Waals surface area contributed by atoms with Gasteiger partial charge < -0.3 is 4.90 Å². The second-order valence-electron chi connectivity index (χ2n) is 6.67. The van der Waals surface area contributed by atoms with E-state index in [9.17, 15) is 0 Å². The molecule has 0 N–H and O–H groups in total. The lowest BCUT2D eigenvalue weighted by molar-refractivity contribution is 0.242. The van der Waals surface area contributed by atoms with E-state index in [1.165, 1.54) is 29.7 Å². The summed E-state index contributed by atoms with van der Waals surface area (Å²) in [5.41, 5.74) is 5.15. The first-order valence-corrected chi connectivity index (χ1v) is 8.67. The van der Waals surface area contributed by atoms with Crippen molar-refractivity contribution in [1.29, 1.82) is 0 Å². The molecule has 1 aromatic heterocycles. The summed E-state index contributed by atoms with van der Waals surface area (Å²) in [6, 6.07) is 10.7. The van der Waals surface area contributed by atoms with Gasteiger partial charge in [-0.2, -0.15) is 0 Å². The van der Waals surface area contributed by atoms with E-state index >= 15 is 0 Å². The molecule has 4 nitrogen and oxygen atoms in total. The number of benzene rings is 1. The van der Waals surface area contributed by atoms with Crippen LogP contribution in [0, 0.1) is 6.92 Å². The monoisotopic (exact) mass is 308 g/mol. The van der Waals surface area contributed by atoms with Crippen LogP contribution in [-0.4, -0.2) is 34.5 Å². The lowest BCUT2D eigenvalue weighted by atomic mass is 10.0. The number of aromatic nitrogens is 2. The van der Waals surface area contributed by atoms with Crippen LogP contribution in [-0.2, 0) is 19.5 Å². The van der Waals surface area contributed by atoms with Gasteiger partial charge in [-0.3, -0.25) is 4.90 Å². The first-order chi connectivity index (χ1) is 11.3. The molecule has 1 fully saturated rings. The van der Waals surface area contributed by atoms with Gasteiger partial charge in [-0.25, -0.2) is 9.97 Å². The maximum Gasteiger partial charge on any atom is 0.225 e. The van der Waals surface area contributed by atoms with Crippen LogP contribution in [0.1, 0.15) is 35.4 Å². The average Bonchev–Trinajstić information content (AvgIpc) is 3.11. The number of anilines is 1. The minimum Gasteiger partial charge on any atom is -0.341 e. The third kappa shape index (κ3) is 3.08. The smallest absolute Gasteiger partial charge is 0.225 e. The second-order valence-corrected chi connectivity index (χ2v) is 6.67. The summed E-state index contributed by atoms with van der Waals surface area (Å²) >= 11 is 0. The number of hydrogen-bond acceptors (Lipinski definition) is 4. The van der Waals surface area contributed by atoms with Gasteiger partial charge in [0.25, 0.3) is 0 Å². The Morgan fingerprint density at radius 2 is 1.78 bits per heavy atom. The van der Waals surface area contributed by atoms with Crippen molar-refractivity contribution < 1.29 is 0 Å². The molecule has 2 aromatic rings. The molecule has 120 valence electrons. The highest BCUT2D eigenvalue weighted by Gasteiger charge is 2.23. The zero-order valence-corrected chi connectivity index (χ0v) is 13.8. The van der Waals surface area contributed by atoms with Crippen molar-refractivity contribution >= 4 is 5.95 Å². The molecule has 0 aliphatic carbocycles. The van der Waals surface area contributed by atoms with Crippen LogP contribution in [0.2, 0.25) is 0 Å². The number of fused-ring (bicyclic) bond motifs is 1. The molecule has 0 bridgehead atoms. The van der Waals surface area contributed by atoms with Gasteiger partial charge in [0.2, 0.25) is 5.95 Å². The molecule has 1 aromatic carbocycles. The number of hydrogen-bond donors (Lipinski definition) is 0. The minimum absolute atomic E-state index is 0.954. The van der Waals surface area contributed by atoms with Crippen molar-refractivity contribution in [1.82, 2.24) is 14.9 Å². The summed E-state index contributed by atoms with van der Waals surface area (Å²) in [4.78, 5) is 14.5. The van der Waals surface area contributed by atoms with Crippen LogP contribution < -0.4 is 4.90 Å². The maximum absolute atomic E-state index is 4.89.